The lowest BCUT2D eigenvalue weighted by atomic mass is 10.3. The lowest BCUT2D eigenvalue weighted by Crippen LogP contribution is -2.25. The fourth-order valence-corrected chi connectivity index (χ4v) is 2.24. The van der Waals surface area contributed by atoms with E-state index in [4.69, 9.17) is 0 Å². The van der Waals surface area contributed by atoms with Crippen LogP contribution in [0.5, 0.6) is 0 Å². The Hall–Kier alpha value is -2.14. The number of benzene rings is 1. The second-order valence-electron chi connectivity index (χ2n) is 3.98. The van der Waals surface area contributed by atoms with Crippen molar-refractivity contribution >= 4 is 29.1 Å². The van der Waals surface area contributed by atoms with Crippen LogP contribution in [0.4, 0.5) is 5.69 Å². The summed E-state index contributed by atoms with van der Waals surface area (Å²) in [6.07, 6.45) is 1.67. The highest BCUT2D eigenvalue weighted by atomic mass is 32.1. The van der Waals surface area contributed by atoms with E-state index in [0.717, 1.165) is 16.1 Å². The highest BCUT2D eigenvalue weighted by molar-refractivity contribution is 7.11. The van der Waals surface area contributed by atoms with E-state index < -0.39 is 0 Å². The van der Waals surface area contributed by atoms with E-state index >= 15 is 0 Å². The van der Waals surface area contributed by atoms with Gasteiger partial charge in [-0.25, -0.2) is 5.43 Å². The van der Waals surface area contributed by atoms with Gasteiger partial charge in [-0.1, -0.05) is 18.2 Å². The highest BCUT2D eigenvalue weighted by Crippen LogP contribution is 2.12. The third-order valence-electron chi connectivity index (χ3n) is 2.50. The maximum atomic E-state index is 11.5. The molecule has 0 unspecified atom stereocenters. The zero-order valence-corrected chi connectivity index (χ0v) is 11.4. The number of aryl methyl sites for hydroxylation is 1. The van der Waals surface area contributed by atoms with E-state index in [1.165, 1.54) is 0 Å². The molecular formula is C14H15N3OS. The Kier molecular flexibility index (Phi) is 4.69. The molecule has 0 atom stereocenters. The third-order valence-corrected chi connectivity index (χ3v) is 3.45. The predicted molar refractivity (Wildman–Crippen MR) is 79.7 cm³/mol. The molecule has 1 amide bonds. The minimum absolute atomic E-state index is 0.172. The van der Waals surface area contributed by atoms with E-state index in [9.17, 15) is 4.79 Å². The smallest absolute Gasteiger partial charge is 0.259 e. The number of rotatable bonds is 5. The molecule has 1 heterocycles. The van der Waals surface area contributed by atoms with Crippen molar-refractivity contribution < 1.29 is 4.79 Å². The van der Waals surface area contributed by atoms with Gasteiger partial charge in [-0.2, -0.15) is 5.10 Å². The molecule has 1 aromatic carbocycles. The number of para-hydroxylation sites is 1. The monoisotopic (exact) mass is 273 g/mol. The van der Waals surface area contributed by atoms with Gasteiger partial charge in [0.25, 0.3) is 5.91 Å². The van der Waals surface area contributed by atoms with Gasteiger partial charge in [0, 0.05) is 10.6 Å². The lowest BCUT2D eigenvalue weighted by molar-refractivity contribution is -0.119. The normalized spacial score (nSPS) is 10.6. The average Bonchev–Trinajstić information content (AvgIpc) is 2.83. The average molecular weight is 273 g/mol. The molecule has 0 bridgehead atoms. The maximum Gasteiger partial charge on any atom is 0.259 e. The van der Waals surface area contributed by atoms with Gasteiger partial charge in [0.15, 0.2) is 0 Å². The van der Waals surface area contributed by atoms with E-state index in [0.29, 0.717) is 0 Å². The molecule has 5 heteroatoms. The van der Waals surface area contributed by atoms with Crippen molar-refractivity contribution in [2.24, 2.45) is 5.10 Å². The summed E-state index contributed by atoms with van der Waals surface area (Å²) >= 11 is 1.60. The van der Waals surface area contributed by atoms with Crippen LogP contribution in [0.2, 0.25) is 0 Å². The second-order valence-corrected chi connectivity index (χ2v) is 4.93. The Morgan fingerprint density at radius 2 is 2.11 bits per heavy atom. The number of thiophene rings is 1. The number of hydrogen-bond donors (Lipinski definition) is 2. The summed E-state index contributed by atoms with van der Waals surface area (Å²) in [4.78, 5) is 12.6. The molecule has 0 aliphatic heterocycles. The zero-order valence-electron chi connectivity index (χ0n) is 10.6. The van der Waals surface area contributed by atoms with Crippen LogP contribution in [0.25, 0.3) is 0 Å². The fourth-order valence-electron chi connectivity index (χ4n) is 1.46. The van der Waals surface area contributed by atoms with Gasteiger partial charge in [0.1, 0.15) is 0 Å². The topological polar surface area (TPSA) is 53.5 Å². The molecule has 0 radical (unpaired) electrons. The van der Waals surface area contributed by atoms with Crippen LogP contribution in [0.3, 0.4) is 0 Å². The Bertz CT molecular complexity index is 563. The van der Waals surface area contributed by atoms with Crippen molar-refractivity contribution in [1.29, 1.82) is 0 Å². The highest BCUT2D eigenvalue weighted by Gasteiger charge is 1.99. The third kappa shape index (κ3) is 4.22. The molecule has 2 aromatic rings. The first-order valence-electron chi connectivity index (χ1n) is 5.90. The van der Waals surface area contributed by atoms with Crippen LogP contribution in [-0.4, -0.2) is 18.7 Å². The molecule has 0 saturated heterocycles. The molecule has 0 fully saturated rings. The van der Waals surface area contributed by atoms with E-state index in [2.05, 4.69) is 15.8 Å². The van der Waals surface area contributed by atoms with Crippen LogP contribution in [0.1, 0.15) is 10.4 Å². The number of anilines is 1. The van der Waals surface area contributed by atoms with Gasteiger partial charge in [0.2, 0.25) is 0 Å². The molecule has 4 nitrogen and oxygen atoms in total. The van der Waals surface area contributed by atoms with Crippen LogP contribution < -0.4 is 10.7 Å². The summed E-state index contributed by atoms with van der Waals surface area (Å²) in [6.45, 7) is 2.21. The van der Waals surface area contributed by atoms with Gasteiger partial charge < -0.3 is 5.32 Å². The molecule has 1 aromatic heterocycles. The number of hydrazone groups is 1. The standard InChI is InChI=1S/C14H15N3OS/c1-11-7-8-19-13(11)9-16-17-14(18)10-15-12-5-3-2-4-6-12/h2-9,15H,10H2,1H3,(H,17,18)/b16-9-. The number of nitrogens with zero attached hydrogens (tertiary/aromatic N) is 1. The molecule has 0 aliphatic carbocycles. The summed E-state index contributed by atoms with van der Waals surface area (Å²) in [5, 5.41) is 8.94. The molecule has 0 saturated carbocycles. The Morgan fingerprint density at radius 1 is 1.32 bits per heavy atom. The number of carbonyl (C=O) groups is 1. The summed E-state index contributed by atoms with van der Waals surface area (Å²) < 4.78 is 0. The van der Waals surface area contributed by atoms with Crippen molar-refractivity contribution in [1.82, 2.24) is 5.43 Å². The van der Waals surface area contributed by atoms with Gasteiger partial charge in [-0.05, 0) is 36.1 Å². The molecule has 0 aliphatic rings. The van der Waals surface area contributed by atoms with Crippen LogP contribution in [0, 0.1) is 6.92 Å². The molecule has 98 valence electrons. The van der Waals surface area contributed by atoms with Crippen molar-refractivity contribution in [2.45, 2.75) is 6.92 Å². The van der Waals surface area contributed by atoms with Crippen LogP contribution in [-0.2, 0) is 4.79 Å². The first-order chi connectivity index (χ1) is 9.25. The van der Waals surface area contributed by atoms with Crippen molar-refractivity contribution in [3.05, 3.63) is 52.2 Å². The number of nitrogens with one attached hydrogen (secondary N) is 2. The Morgan fingerprint density at radius 3 is 2.79 bits per heavy atom. The first kappa shape index (κ1) is 13.3. The number of carbonyl (C=O) groups excluding carboxylic acids is 1. The fraction of sp³-hybridized carbons (Fsp3) is 0.143. The van der Waals surface area contributed by atoms with E-state index in [-0.39, 0.29) is 12.5 Å². The van der Waals surface area contributed by atoms with E-state index in [1.54, 1.807) is 17.6 Å². The molecule has 2 rings (SSSR count). The minimum Gasteiger partial charge on any atom is -0.376 e. The summed E-state index contributed by atoms with van der Waals surface area (Å²) in [6, 6.07) is 11.6. The van der Waals surface area contributed by atoms with Gasteiger partial charge in [0.05, 0.1) is 12.8 Å². The summed E-state index contributed by atoms with van der Waals surface area (Å²) in [5.41, 5.74) is 4.56. The van der Waals surface area contributed by atoms with Crippen molar-refractivity contribution in [3.63, 3.8) is 0 Å². The Balaban J connectivity index is 1.76. The SMILES string of the molecule is Cc1ccsc1/C=N\NC(=O)CNc1ccccc1. The lowest BCUT2D eigenvalue weighted by Gasteiger charge is -2.04. The van der Waals surface area contributed by atoms with Crippen molar-refractivity contribution in [2.75, 3.05) is 11.9 Å². The van der Waals surface area contributed by atoms with Crippen molar-refractivity contribution in [3.8, 4) is 0 Å². The number of hydrogen-bond acceptors (Lipinski definition) is 4. The number of amides is 1. The largest absolute Gasteiger partial charge is 0.376 e. The van der Waals surface area contributed by atoms with Crippen LogP contribution >= 0.6 is 11.3 Å². The molecule has 2 N–H and O–H groups in total. The molecule has 19 heavy (non-hydrogen) atoms. The maximum absolute atomic E-state index is 11.5. The predicted octanol–water partition coefficient (Wildman–Crippen LogP) is 2.62. The minimum atomic E-state index is -0.172. The summed E-state index contributed by atoms with van der Waals surface area (Å²) in [7, 11) is 0. The summed E-state index contributed by atoms with van der Waals surface area (Å²) in [5.74, 6) is -0.172. The van der Waals surface area contributed by atoms with E-state index in [1.807, 2.05) is 48.7 Å². The van der Waals surface area contributed by atoms with Gasteiger partial charge in [-0.15, -0.1) is 11.3 Å². The second kappa shape index (κ2) is 6.70. The quantitative estimate of drug-likeness (QED) is 0.650. The van der Waals surface area contributed by atoms with Crippen LogP contribution in [0.15, 0.2) is 46.9 Å². The van der Waals surface area contributed by atoms with Gasteiger partial charge in [-0.3, -0.25) is 4.79 Å². The first-order valence-corrected chi connectivity index (χ1v) is 6.78. The molecule has 0 spiro atoms. The Labute approximate surface area is 116 Å². The molecular weight excluding hydrogens is 258 g/mol. The van der Waals surface area contributed by atoms with Gasteiger partial charge >= 0.3 is 0 Å². The zero-order chi connectivity index (χ0) is 13.5.